The van der Waals surface area contributed by atoms with Gasteiger partial charge >= 0.3 is 0 Å². The van der Waals surface area contributed by atoms with E-state index in [2.05, 4.69) is 39.8 Å². The Bertz CT molecular complexity index is 697. The van der Waals surface area contributed by atoms with Crippen molar-refractivity contribution >= 4 is 23.2 Å². The third-order valence-electron chi connectivity index (χ3n) is 4.99. The highest BCUT2D eigenvalue weighted by atomic mass is 35.5. The van der Waals surface area contributed by atoms with Gasteiger partial charge < -0.3 is 9.47 Å². The number of rotatable bonds is 12. The van der Waals surface area contributed by atoms with E-state index in [1.165, 1.54) is 12.8 Å². The highest BCUT2D eigenvalue weighted by molar-refractivity contribution is 6.32. The lowest BCUT2D eigenvalue weighted by Crippen LogP contribution is -2.11. The second kappa shape index (κ2) is 12.3. The monoisotopic (exact) mass is 436 g/mol. The van der Waals surface area contributed by atoms with Crippen LogP contribution in [0, 0.1) is 0 Å². The highest BCUT2D eigenvalue weighted by Crippen LogP contribution is 2.31. The lowest BCUT2D eigenvalue weighted by atomic mass is 10.0. The summed E-state index contributed by atoms with van der Waals surface area (Å²) in [4.78, 5) is 0. The number of hydrogen-bond donors (Lipinski definition) is 0. The molecule has 0 spiro atoms. The van der Waals surface area contributed by atoms with Gasteiger partial charge in [0.15, 0.2) is 0 Å². The molecule has 0 aromatic heterocycles. The van der Waals surface area contributed by atoms with E-state index < -0.39 is 0 Å². The van der Waals surface area contributed by atoms with E-state index in [9.17, 15) is 0 Å². The molecule has 0 amide bonds. The van der Waals surface area contributed by atoms with Crippen LogP contribution in [0.5, 0.6) is 11.5 Å². The molecule has 0 N–H and O–H groups in total. The van der Waals surface area contributed by atoms with Crippen LogP contribution < -0.4 is 9.47 Å². The third-order valence-corrected chi connectivity index (χ3v) is 5.58. The first-order chi connectivity index (χ1) is 13.9. The van der Waals surface area contributed by atoms with Crippen LogP contribution in [0.2, 0.25) is 10.0 Å². The molecule has 0 bridgehead atoms. The second-order valence-electron chi connectivity index (χ2n) is 7.85. The van der Waals surface area contributed by atoms with E-state index in [1.807, 2.05) is 24.3 Å². The Kier molecular flexibility index (Phi) is 10.2. The largest absolute Gasteiger partial charge is 0.489 e. The first-order valence-electron chi connectivity index (χ1n) is 10.8. The quantitative estimate of drug-likeness (QED) is 0.331. The SMILES string of the molecule is CCCCC(C)Oc1ccc(Cc2ccc(OC(C)CCCC)c(Cl)c2)cc1Cl. The molecule has 0 fully saturated rings. The number of ether oxygens (including phenoxy) is 2. The summed E-state index contributed by atoms with van der Waals surface area (Å²) in [5.74, 6) is 1.50. The summed E-state index contributed by atoms with van der Waals surface area (Å²) in [6.07, 6.45) is 7.85. The van der Waals surface area contributed by atoms with Gasteiger partial charge in [-0.3, -0.25) is 0 Å². The molecular weight excluding hydrogens is 403 g/mol. The molecule has 0 aliphatic rings. The van der Waals surface area contributed by atoms with Crippen molar-refractivity contribution in [3.05, 3.63) is 57.6 Å². The predicted octanol–water partition coefficient (Wildman–Crippen LogP) is 8.50. The van der Waals surface area contributed by atoms with Crippen molar-refractivity contribution in [3.63, 3.8) is 0 Å². The van der Waals surface area contributed by atoms with Crippen LogP contribution in [-0.2, 0) is 6.42 Å². The Morgan fingerprint density at radius 1 is 0.724 bits per heavy atom. The van der Waals surface area contributed by atoms with Gasteiger partial charge in [-0.05, 0) is 68.5 Å². The van der Waals surface area contributed by atoms with Crippen LogP contribution in [0.3, 0.4) is 0 Å². The van der Waals surface area contributed by atoms with Crippen LogP contribution in [0.1, 0.15) is 77.3 Å². The van der Waals surface area contributed by atoms with Crippen molar-refractivity contribution in [1.29, 1.82) is 0 Å². The van der Waals surface area contributed by atoms with Gasteiger partial charge in [0.2, 0.25) is 0 Å². The Balaban J connectivity index is 1.99. The lowest BCUT2D eigenvalue weighted by Gasteiger charge is -2.17. The molecule has 2 atom stereocenters. The molecule has 2 rings (SSSR count). The summed E-state index contributed by atoms with van der Waals surface area (Å²) in [6.45, 7) is 8.56. The standard InChI is InChI=1S/C25H34Cl2O2/c1-5-7-9-18(3)28-24-13-11-20(16-22(24)26)15-21-12-14-25(23(27)17-21)29-19(4)10-8-6-2/h11-14,16-19H,5-10,15H2,1-4H3. The Labute approximate surface area is 186 Å². The fraction of sp³-hybridized carbons (Fsp3) is 0.520. The minimum Gasteiger partial charge on any atom is -0.489 e. The summed E-state index contributed by atoms with van der Waals surface area (Å²) in [5, 5.41) is 1.31. The molecule has 0 saturated carbocycles. The second-order valence-corrected chi connectivity index (χ2v) is 8.66. The molecule has 0 aliphatic heterocycles. The van der Waals surface area contributed by atoms with Crippen LogP contribution in [0.25, 0.3) is 0 Å². The molecule has 2 aromatic carbocycles. The third kappa shape index (κ3) is 8.10. The zero-order chi connectivity index (χ0) is 21.2. The van der Waals surface area contributed by atoms with Crippen LogP contribution in [-0.4, -0.2) is 12.2 Å². The minimum absolute atomic E-state index is 0.171. The summed E-state index contributed by atoms with van der Waals surface area (Å²) in [5.41, 5.74) is 2.26. The number of benzene rings is 2. The molecule has 2 nitrogen and oxygen atoms in total. The molecule has 4 heteroatoms. The summed E-state index contributed by atoms with van der Waals surface area (Å²) < 4.78 is 12.0. The molecule has 0 heterocycles. The Morgan fingerprint density at radius 2 is 1.14 bits per heavy atom. The number of halogens is 2. The first kappa shape index (κ1) is 23.9. The summed E-state index contributed by atoms with van der Waals surface area (Å²) in [7, 11) is 0. The molecule has 29 heavy (non-hydrogen) atoms. The van der Waals surface area contributed by atoms with E-state index in [0.717, 1.165) is 54.7 Å². The van der Waals surface area contributed by atoms with Gasteiger partial charge in [-0.2, -0.15) is 0 Å². The average molecular weight is 437 g/mol. The van der Waals surface area contributed by atoms with Crippen molar-refractivity contribution in [2.24, 2.45) is 0 Å². The van der Waals surface area contributed by atoms with Gasteiger partial charge in [-0.15, -0.1) is 0 Å². The number of unbranched alkanes of at least 4 members (excludes halogenated alkanes) is 2. The maximum atomic E-state index is 6.46. The fourth-order valence-electron chi connectivity index (χ4n) is 3.27. The van der Waals surface area contributed by atoms with E-state index in [4.69, 9.17) is 32.7 Å². The van der Waals surface area contributed by atoms with E-state index in [1.54, 1.807) is 0 Å². The van der Waals surface area contributed by atoms with Crippen molar-refractivity contribution in [2.45, 2.75) is 84.8 Å². The molecule has 0 saturated heterocycles. The fourth-order valence-corrected chi connectivity index (χ4v) is 3.77. The van der Waals surface area contributed by atoms with Gasteiger partial charge in [0.05, 0.1) is 22.3 Å². The molecule has 0 radical (unpaired) electrons. The zero-order valence-electron chi connectivity index (χ0n) is 18.1. The lowest BCUT2D eigenvalue weighted by molar-refractivity contribution is 0.207. The summed E-state index contributed by atoms with van der Waals surface area (Å²) >= 11 is 12.9. The van der Waals surface area contributed by atoms with Crippen LogP contribution in [0.15, 0.2) is 36.4 Å². The van der Waals surface area contributed by atoms with Crippen molar-refractivity contribution in [1.82, 2.24) is 0 Å². The van der Waals surface area contributed by atoms with E-state index in [0.29, 0.717) is 10.0 Å². The Hall–Kier alpha value is -1.38. The van der Waals surface area contributed by atoms with Crippen LogP contribution in [0.4, 0.5) is 0 Å². The molecule has 2 aromatic rings. The van der Waals surface area contributed by atoms with Crippen LogP contribution >= 0.6 is 23.2 Å². The van der Waals surface area contributed by atoms with Gasteiger partial charge in [-0.1, -0.05) is 74.9 Å². The average Bonchev–Trinajstić information content (AvgIpc) is 2.69. The maximum Gasteiger partial charge on any atom is 0.138 e. The summed E-state index contributed by atoms with van der Waals surface area (Å²) in [6, 6.07) is 12.0. The van der Waals surface area contributed by atoms with Gasteiger partial charge in [-0.25, -0.2) is 0 Å². The first-order valence-corrected chi connectivity index (χ1v) is 11.6. The topological polar surface area (TPSA) is 18.5 Å². The predicted molar refractivity (Wildman–Crippen MR) is 125 cm³/mol. The van der Waals surface area contributed by atoms with Crippen molar-refractivity contribution < 1.29 is 9.47 Å². The molecule has 160 valence electrons. The van der Waals surface area contributed by atoms with Gasteiger partial charge in [0, 0.05) is 0 Å². The van der Waals surface area contributed by atoms with E-state index in [-0.39, 0.29) is 12.2 Å². The smallest absolute Gasteiger partial charge is 0.138 e. The minimum atomic E-state index is 0.171. The normalized spacial score (nSPS) is 13.2. The molecule has 2 unspecified atom stereocenters. The van der Waals surface area contributed by atoms with Gasteiger partial charge in [0.1, 0.15) is 11.5 Å². The Morgan fingerprint density at radius 3 is 1.48 bits per heavy atom. The molecule has 0 aliphatic carbocycles. The molecular formula is C25H34Cl2O2. The van der Waals surface area contributed by atoms with Gasteiger partial charge in [0.25, 0.3) is 0 Å². The highest BCUT2D eigenvalue weighted by Gasteiger charge is 2.11. The number of hydrogen-bond acceptors (Lipinski definition) is 2. The van der Waals surface area contributed by atoms with Crippen molar-refractivity contribution in [2.75, 3.05) is 0 Å². The zero-order valence-corrected chi connectivity index (χ0v) is 19.7. The van der Waals surface area contributed by atoms with E-state index >= 15 is 0 Å². The maximum absolute atomic E-state index is 6.46. The van der Waals surface area contributed by atoms with Crippen molar-refractivity contribution in [3.8, 4) is 11.5 Å².